The third-order valence-electron chi connectivity index (χ3n) is 4.90. The van der Waals surface area contributed by atoms with Crippen LogP contribution in [-0.2, 0) is 0 Å². The van der Waals surface area contributed by atoms with E-state index in [0.717, 1.165) is 0 Å². The van der Waals surface area contributed by atoms with E-state index in [4.69, 9.17) is 16.3 Å². The Morgan fingerprint density at radius 1 is 1.19 bits per heavy atom. The van der Waals surface area contributed by atoms with Gasteiger partial charge in [0.15, 0.2) is 5.82 Å². The summed E-state index contributed by atoms with van der Waals surface area (Å²) in [6, 6.07) is 12.2. The highest BCUT2D eigenvalue weighted by molar-refractivity contribution is 6.33. The van der Waals surface area contributed by atoms with Gasteiger partial charge in [-0.2, -0.15) is 4.98 Å². The molecule has 0 unspecified atom stereocenters. The quantitative estimate of drug-likeness (QED) is 0.544. The minimum Gasteiger partial charge on any atom is -0.491 e. The molecule has 1 aromatic heterocycles. The number of para-hydroxylation sites is 1. The summed E-state index contributed by atoms with van der Waals surface area (Å²) in [6.07, 6.45) is 1.46. The fourth-order valence-electron chi connectivity index (χ4n) is 3.19. The van der Waals surface area contributed by atoms with Gasteiger partial charge in [-0.1, -0.05) is 23.7 Å². The Morgan fingerprint density at radius 3 is 2.81 bits per heavy atom. The number of anilines is 4. The number of ether oxygens (including phenoxy) is 1. The number of likely N-dealkylation sites (N-methyl/N-ethyl adjacent to an activating group) is 1. The molecular formula is C22H21ClN6O3. The van der Waals surface area contributed by atoms with Gasteiger partial charge in [0.05, 0.1) is 29.6 Å². The number of rotatable bonds is 5. The predicted octanol–water partition coefficient (Wildman–Crippen LogP) is 3.44. The standard InChI is InChI=1S/C22H21ClN6O3/c1-24-20(30)14-5-3-4-6-17(14)27-19-16(23)12-25-22(28-19)26-13-7-8-15-18(11-13)32-10-9-29(2)21(15)31/h3-8,11-12H,9-10H2,1-2H3,(H,24,30)(H2,25,26,27,28). The molecule has 164 valence electrons. The molecule has 0 fully saturated rings. The molecule has 0 spiro atoms. The van der Waals surface area contributed by atoms with Crippen LogP contribution in [0.25, 0.3) is 0 Å². The van der Waals surface area contributed by atoms with Gasteiger partial charge in [-0.05, 0) is 24.3 Å². The zero-order chi connectivity index (χ0) is 22.7. The molecule has 0 aliphatic carbocycles. The van der Waals surface area contributed by atoms with Crippen LogP contribution in [0.15, 0.2) is 48.7 Å². The van der Waals surface area contributed by atoms with Gasteiger partial charge >= 0.3 is 0 Å². The van der Waals surface area contributed by atoms with Crippen molar-refractivity contribution in [2.24, 2.45) is 0 Å². The second-order valence-corrected chi connectivity index (χ2v) is 7.46. The van der Waals surface area contributed by atoms with Crippen molar-refractivity contribution < 1.29 is 14.3 Å². The second-order valence-electron chi connectivity index (χ2n) is 7.05. The number of carbonyl (C=O) groups is 2. The average Bonchev–Trinajstić information content (AvgIpc) is 2.94. The van der Waals surface area contributed by atoms with E-state index in [2.05, 4.69) is 25.9 Å². The lowest BCUT2D eigenvalue weighted by atomic mass is 10.1. The Bertz CT molecular complexity index is 1190. The fourth-order valence-corrected chi connectivity index (χ4v) is 3.33. The lowest BCUT2D eigenvalue weighted by Crippen LogP contribution is -2.27. The van der Waals surface area contributed by atoms with Gasteiger partial charge in [0, 0.05) is 25.8 Å². The molecule has 0 saturated carbocycles. The first-order valence-electron chi connectivity index (χ1n) is 9.86. The summed E-state index contributed by atoms with van der Waals surface area (Å²) in [6.45, 7) is 0.929. The molecule has 2 amide bonds. The number of amides is 2. The van der Waals surface area contributed by atoms with Crippen molar-refractivity contribution in [3.8, 4) is 5.75 Å². The van der Waals surface area contributed by atoms with E-state index >= 15 is 0 Å². The lowest BCUT2D eigenvalue weighted by molar-refractivity contribution is 0.0796. The smallest absolute Gasteiger partial charge is 0.257 e. The van der Waals surface area contributed by atoms with Gasteiger partial charge < -0.3 is 25.6 Å². The molecule has 10 heteroatoms. The van der Waals surface area contributed by atoms with Gasteiger partial charge in [0.2, 0.25) is 5.95 Å². The molecule has 2 heterocycles. The van der Waals surface area contributed by atoms with Crippen LogP contribution in [0.3, 0.4) is 0 Å². The Morgan fingerprint density at radius 2 is 2.00 bits per heavy atom. The number of halogens is 1. The fraction of sp³-hybridized carbons (Fsp3) is 0.182. The molecule has 1 aliphatic heterocycles. The second kappa shape index (κ2) is 9.11. The van der Waals surface area contributed by atoms with E-state index < -0.39 is 0 Å². The Hall–Kier alpha value is -3.85. The summed E-state index contributed by atoms with van der Waals surface area (Å²) in [5.74, 6) is 0.792. The van der Waals surface area contributed by atoms with Crippen LogP contribution in [0.1, 0.15) is 20.7 Å². The SMILES string of the molecule is CNC(=O)c1ccccc1Nc1nc(Nc2ccc3c(c2)OCCN(C)C3=O)ncc1Cl. The van der Waals surface area contributed by atoms with Crippen LogP contribution in [0.4, 0.5) is 23.1 Å². The first-order valence-corrected chi connectivity index (χ1v) is 10.2. The average molecular weight is 453 g/mol. The third-order valence-corrected chi connectivity index (χ3v) is 5.17. The molecule has 1 aliphatic rings. The Labute approximate surface area is 189 Å². The number of fused-ring (bicyclic) bond motifs is 1. The number of benzene rings is 2. The molecule has 0 saturated heterocycles. The summed E-state index contributed by atoms with van der Waals surface area (Å²) in [7, 11) is 3.31. The van der Waals surface area contributed by atoms with Crippen LogP contribution in [-0.4, -0.2) is 53.9 Å². The van der Waals surface area contributed by atoms with E-state index in [0.29, 0.717) is 52.2 Å². The van der Waals surface area contributed by atoms with E-state index in [1.807, 2.05) is 0 Å². The largest absolute Gasteiger partial charge is 0.491 e. The predicted molar refractivity (Wildman–Crippen MR) is 122 cm³/mol. The van der Waals surface area contributed by atoms with Gasteiger partial charge in [-0.3, -0.25) is 9.59 Å². The van der Waals surface area contributed by atoms with Crippen molar-refractivity contribution in [3.05, 3.63) is 64.8 Å². The maximum Gasteiger partial charge on any atom is 0.257 e. The number of hydrogen-bond donors (Lipinski definition) is 3. The highest BCUT2D eigenvalue weighted by atomic mass is 35.5. The van der Waals surface area contributed by atoms with Crippen LogP contribution >= 0.6 is 11.6 Å². The van der Waals surface area contributed by atoms with Crippen LogP contribution < -0.4 is 20.7 Å². The maximum absolute atomic E-state index is 12.4. The summed E-state index contributed by atoms with van der Waals surface area (Å²) < 4.78 is 5.72. The number of carbonyl (C=O) groups excluding carboxylic acids is 2. The minimum absolute atomic E-state index is 0.0898. The van der Waals surface area contributed by atoms with Gasteiger partial charge in [0.25, 0.3) is 11.8 Å². The molecule has 4 rings (SSSR count). The molecule has 0 atom stereocenters. The van der Waals surface area contributed by atoms with Crippen molar-refractivity contribution in [3.63, 3.8) is 0 Å². The molecule has 0 radical (unpaired) electrons. The normalized spacial score (nSPS) is 13.0. The summed E-state index contributed by atoms with van der Waals surface area (Å²) in [5.41, 5.74) is 2.16. The van der Waals surface area contributed by atoms with Gasteiger partial charge in [0.1, 0.15) is 17.4 Å². The summed E-state index contributed by atoms with van der Waals surface area (Å²) in [5, 5.41) is 9.09. The number of aromatic nitrogens is 2. The number of nitrogens with one attached hydrogen (secondary N) is 3. The number of hydrogen-bond acceptors (Lipinski definition) is 7. The Balaban J connectivity index is 1.59. The first kappa shape index (κ1) is 21.4. The Kier molecular flexibility index (Phi) is 6.09. The van der Waals surface area contributed by atoms with Crippen LogP contribution in [0.5, 0.6) is 5.75 Å². The van der Waals surface area contributed by atoms with E-state index in [1.54, 1.807) is 61.5 Å². The number of nitrogens with zero attached hydrogens (tertiary/aromatic N) is 3. The summed E-state index contributed by atoms with van der Waals surface area (Å²) >= 11 is 6.28. The minimum atomic E-state index is -0.234. The van der Waals surface area contributed by atoms with Crippen molar-refractivity contribution in [1.29, 1.82) is 0 Å². The molecule has 0 bridgehead atoms. The van der Waals surface area contributed by atoms with E-state index in [9.17, 15) is 9.59 Å². The third kappa shape index (κ3) is 4.42. The lowest BCUT2D eigenvalue weighted by Gasteiger charge is -2.14. The highest BCUT2D eigenvalue weighted by Crippen LogP contribution is 2.30. The molecule has 3 N–H and O–H groups in total. The van der Waals surface area contributed by atoms with Crippen LogP contribution in [0, 0.1) is 0 Å². The zero-order valence-corrected chi connectivity index (χ0v) is 18.2. The molecule has 3 aromatic rings. The topological polar surface area (TPSA) is 108 Å². The molecule has 32 heavy (non-hydrogen) atoms. The first-order chi connectivity index (χ1) is 15.5. The van der Waals surface area contributed by atoms with E-state index in [1.165, 1.54) is 6.20 Å². The van der Waals surface area contributed by atoms with Crippen LogP contribution in [0.2, 0.25) is 5.02 Å². The molecule has 9 nitrogen and oxygen atoms in total. The van der Waals surface area contributed by atoms with Gasteiger partial charge in [-0.15, -0.1) is 0 Å². The van der Waals surface area contributed by atoms with Gasteiger partial charge in [-0.25, -0.2) is 4.98 Å². The monoisotopic (exact) mass is 452 g/mol. The molecule has 2 aromatic carbocycles. The molecular weight excluding hydrogens is 432 g/mol. The maximum atomic E-state index is 12.4. The summed E-state index contributed by atoms with van der Waals surface area (Å²) in [4.78, 5) is 34.8. The van der Waals surface area contributed by atoms with E-state index in [-0.39, 0.29) is 17.8 Å². The van der Waals surface area contributed by atoms with Crippen molar-refractivity contribution in [1.82, 2.24) is 20.2 Å². The zero-order valence-electron chi connectivity index (χ0n) is 17.5. The van der Waals surface area contributed by atoms with Crippen molar-refractivity contribution in [2.75, 3.05) is 37.9 Å². The van der Waals surface area contributed by atoms with Crippen molar-refractivity contribution in [2.45, 2.75) is 0 Å². The van der Waals surface area contributed by atoms with Crippen molar-refractivity contribution >= 4 is 46.6 Å². The highest BCUT2D eigenvalue weighted by Gasteiger charge is 2.21.